The van der Waals surface area contributed by atoms with E-state index >= 15 is 0 Å². The second kappa shape index (κ2) is 9.55. The maximum atomic E-state index is 12.3. The first kappa shape index (κ1) is 20.3. The smallest absolute Gasteiger partial charge is 0.261 e. The van der Waals surface area contributed by atoms with Crippen molar-refractivity contribution in [2.45, 2.75) is 37.6 Å². The summed E-state index contributed by atoms with van der Waals surface area (Å²) in [6, 6.07) is 4.57. The second-order valence-corrected chi connectivity index (χ2v) is 7.25. The highest BCUT2D eigenvalue weighted by atomic mass is 32.2. The van der Waals surface area contributed by atoms with Crippen molar-refractivity contribution in [1.29, 1.82) is 0 Å². The highest BCUT2D eigenvalue weighted by molar-refractivity contribution is 7.89. The lowest BCUT2D eigenvalue weighted by Crippen LogP contribution is -2.48. The number of sulfonamides is 1. The number of ether oxygens (including phenoxy) is 1. The molecule has 0 saturated heterocycles. The van der Waals surface area contributed by atoms with E-state index in [4.69, 9.17) is 9.94 Å². The Bertz CT molecular complexity index is 619. The average Bonchev–Trinajstić information content (AvgIpc) is 2.56. The molecule has 0 aliphatic rings. The maximum absolute atomic E-state index is 12.3. The number of alkyl halides is 1. The van der Waals surface area contributed by atoms with Gasteiger partial charge in [0.2, 0.25) is 10.0 Å². The van der Waals surface area contributed by atoms with E-state index in [9.17, 15) is 17.6 Å². The molecule has 1 rings (SSSR count). The molecule has 0 aliphatic heterocycles. The molecule has 0 saturated carbocycles. The van der Waals surface area contributed by atoms with Crippen LogP contribution in [0.15, 0.2) is 29.2 Å². The van der Waals surface area contributed by atoms with Crippen molar-refractivity contribution >= 4 is 15.9 Å². The number of rotatable bonds is 10. The SMILES string of the molecule is CC(C)C(NS(=O)(=O)c1ccc(OCCCCF)cc1)C(=O)NO. The van der Waals surface area contributed by atoms with E-state index in [1.165, 1.54) is 29.7 Å². The van der Waals surface area contributed by atoms with Gasteiger partial charge in [-0.1, -0.05) is 13.8 Å². The molecule has 0 spiro atoms. The van der Waals surface area contributed by atoms with Crippen LogP contribution in [-0.4, -0.2) is 38.9 Å². The zero-order valence-corrected chi connectivity index (χ0v) is 14.5. The number of hydroxylamine groups is 1. The van der Waals surface area contributed by atoms with E-state index in [-0.39, 0.29) is 10.8 Å². The van der Waals surface area contributed by atoms with Crippen LogP contribution in [0, 0.1) is 5.92 Å². The topological polar surface area (TPSA) is 105 Å². The zero-order valence-electron chi connectivity index (χ0n) is 13.7. The highest BCUT2D eigenvalue weighted by Gasteiger charge is 2.28. The molecule has 0 fully saturated rings. The van der Waals surface area contributed by atoms with Crippen LogP contribution in [0.4, 0.5) is 4.39 Å². The van der Waals surface area contributed by atoms with Gasteiger partial charge < -0.3 is 4.74 Å². The Morgan fingerprint density at radius 2 is 1.88 bits per heavy atom. The third-order valence-corrected chi connectivity index (χ3v) is 4.73. The Labute approximate surface area is 141 Å². The fraction of sp³-hybridized carbons (Fsp3) is 0.533. The van der Waals surface area contributed by atoms with Gasteiger partial charge in [0.1, 0.15) is 11.8 Å². The summed E-state index contributed by atoms with van der Waals surface area (Å²) in [7, 11) is -3.93. The first-order valence-electron chi connectivity index (χ1n) is 7.57. The minimum atomic E-state index is -3.93. The Kier molecular flexibility index (Phi) is 8.09. The number of unbranched alkanes of at least 4 members (excludes halogenated alkanes) is 1. The van der Waals surface area contributed by atoms with Crippen LogP contribution in [0.25, 0.3) is 0 Å². The minimum absolute atomic E-state index is 0.0324. The quantitative estimate of drug-likeness (QED) is 0.333. The molecule has 0 aliphatic carbocycles. The molecule has 24 heavy (non-hydrogen) atoms. The van der Waals surface area contributed by atoms with Crippen molar-refractivity contribution in [3.63, 3.8) is 0 Å². The van der Waals surface area contributed by atoms with E-state index in [2.05, 4.69) is 4.72 Å². The number of halogens is 1. The molecule has 1 unspecified atom stereocenters. The van der Waals surface area contributed by atoms with Crippen molar-refractivity contribution in [3.8, 4) is 5.75 Å². The van der Waals surface area contributed by atoms with Crippen LogP contribution in [0.3, 0.4) is 0 Å². The number of amides is 1. The number of benzene rings is 1. The normalized spacial score (nSPS) is 12.9. The lowest BCUT2D eigenvalue weighted by molar-refractivity contribution is -0.131. The summed E-state index contributed by atoms with van der Waals surface area (Å²) in [6.45, 7) is 3.25. The first-order chi connectivity index (χ1) is 11.3. The molecular weight excluding hydrogens is 339 g/mol. The summed E-state index contributed by atoms with van der Waals surface area (Å²) in [5.74, 6) is -0.715. The van der Waals surface area contributed by atoms with Gasteiger partial charge in [-0.25, -0.2) is 13.9 Å². The lowest BCUT2D eigenvalue weighted by atomic mass is 10.1. The number of nitrogens with one attached hydrogen (secondary N) is 2. The van der Waals surface area contributed by atoms with Gasteiger partial charge in [-0.3, -0.25) is 14.4 Å². The van der Waals surface area contributed by atoms with Gasteiger partial charge in [-0.2, -0.15) is 4.72 Å². The maximum Gasteiger partial charge on any atom is 0.261 e. The van der Waals surface area contributed by atoms with E-state index < -0.39 is 28.6 Å². The van der Waals surface area contributed by atoms with Gasteiger partial charge in [0.15, 0.2) is 0 Å². The van der Waals surface area contributed by atoms with Crippen LogP contribution in [0.1, 0.15) is 26.7 Å². The standard InChI is InChI=1S/C15H23FN2O5S/c1-11(2)14(15(19)17-20)18-24(21,22)13-7-5-12(6-8-13)23-10-4-3-9-16/h5-8,11,14,18,20H,3-4,9-10H2,1-2H3,(H,17,19). The molecule has 1 aromatic rings. The fourth-order valence-corrected chi connectivity index (χ4v) is 3.24. The van der Waals surface area contributed by atoms with Gasteiger partial charge in [0.05, 0.1) is 18.2 Å². The average molecular weight is 362 g/mol. The summed E-state index contributed by atoms with van der Waals surface area (Å²) in [4.78, 5) is 11.5. The Balaban J connectivity index is 2.78. The van der Waals surface area contributed by atoms with Crippen molar-refractivity contribution < 1.29 is 27.5 Å². The van der Waals surface area contributed by atoms with Crippen molar-refractivity contribution in [2.75, 3.05) is 13.3 Å². The van der Waals surface area contributed by atoms with Gasteiger partial charge >= 0.3 is 0 Å². The van der Waals surface area contributed by atoms with Crippen LogP contribution < -0.4 is 14.9 Å². The summed E-state index contributed by atoms with van der Waals surface area (Å²) in [6.07, 6.45) is 0.990. The number of carbonyl (C=O) groups is 1. The molecular formula is C15H23FN2O5S. The molecule has 3 N–H and O–H groups in total. The molecule has 0 heterocycles. The largest absolute Gasteiger partial charge is 0.494 e. The van der Waals surface area contributed by atoms with Gasteiger partial charge in [0, 0.05) is 0 Å². The third-order valence-electron chi connectivity index (χ3n) is 3.27. The van der Waals surface area contributed by atoms with Crippen LogP contribution in [0.2, 0.25) is 0 Å². The van der Waals surface area contributed by atoms with Crippen molar-refractivity contribution in [2.24, 2.45) is 5.92 Å². The Morgan fingerprint density at radius 1 is 1.25 bits per heavy atom. The van der Waals surface area contributed by atoms with Gasteiger partial charge in [-0.05, 0) is 43.0 Å². The van der Waals surface area contributed by atoms with Crippen LogP contribution >= 0.6 is 0 Å². The first-order valence-corrected chi connectivity index (χ1v) is 9.05. The molecule has 0 aromatic heterocycles. The summed E-state index contributed by atoms with van der Waals surface area (Å²) >= 11 is 0. The number of hydrogen-bond donors (Lipinski definition) is 3. The van der Waals surface area contributed by atoms with Gasteiger partial charge in [0.25, 0.3) is 5.91 Å². The van der Waals surface area contributed by atoms with Gasteiger partial charge in [-0.15, -0.1) is 0 Å². The molecule has 0 bridgehead atoms. The third kappa shape index (κ3) is 6.06. The predicted molar refractivity (Wildman–Crippen MR) is 86.0 cm³/mol. The highest BCUT2D eigenvalue weighted by Crippen LogP contribution is 2.17. The summed E-state index contributed by atoms with van der Waals surface area (Å²) in [5.41, 5.74) is 1.45. The van der Waals surface area contributed by atoms with E-state index in [0.29, 0.717) is 25.2 Å². The minimum Gasteiger partial charge on any atom is -0.494 e. The predicted octanol–water partition coefficient (Wildman–Crippen LogP) is 1.62. The summed E-state index contributed by atoms with van der Waals surface area (Å²) < 4.78 is 44.2. The molecule has 1 amide bonds. The molecule has 1 atom stereocenters. The number of carbonyl (C=O) groups excluding carboxylic acids is 1. The van der Waals surface area contributed by atoms with E-state index in [1.54, 1.807) is 13.8 Å². The Morgan fingerprint density at radius 3 is 2.38 bits per heavy atom. The molecule has 9 heteroatoms. The molecule has 7 nitrogen and oxygen atoms in total. The van der Waals surface area contributed by atoms with Crippen LogP contribution in [-0.2, 0) is 14.8 Å². The van der Waals surface area contributed by atoms with E-state index in [0.717, 1.165) is 0 Å². The van der Waals surface area contributed by atoms with Crippen molar-refractivity contribution in [1.82, 2.24) is 10.2 Å². The monoisotopic (exact) mass is 362 g/mol. The molecule has 0 radical (unpaired) electrons. The second-order valence-electron chi connectivity index (χ2n) is 5.53. The van der Waals surface area contributed by atoms with Crippen molar-refractivity contribution in [3.05, 3.63) is 24.3 Å². The molecule has 136 valence electrons. The molecule has 1 aromatic carbocycles. The van der Waals surface area contributed by atoms with E-state index in [1.807, 2.05) is 0 Å². The fourth-order valence-electron chi connectivity index (χ4n) is 1.90. The van der Waals surface area contributed by atoms with Crippen LogP contribution in [0.5, 0.6) is 5.75 Å². The lowest BCUT2D eigenvalue weighted by Gasteiger charge is -2.20. The summed E-state index contributed by atoms with van der Waals surface area (Å²) in [5, 5.41) is 8.70. The number of hydrogen-bond acceptors (Lipinski definition) is 5. The zero-order chi connectivity index (χ0) is 18.2. The Hall–Kier alpha value is -1.71.